The molecular formula is C24H29N6O8PS. The number of nitrogens with zero attached hydrogens (tertiary/aromatic N) is 3. The average Bonchev–Trinajstić information content (AvgIpc) is 3.42. The summed E-state index contributed by atoms with van der Waals surface area (Å²) in [4.78, 5) is 35.1. The fourth-order valence-corrected chi connectivity index (χ4v) is 6.38. The molecule has 0 bridgehead atoms. The first-order chi connectivity index (χ1) is 18.9. The Morgan fingerprint density at radius 1 is 1.40 bits per heavy atom. The molecule has 6 N–H and O–H groups in total. The van der Waals surface area contributed by atoms with Crippen molar-refractivity contribution in [2.45, 2.75) is 57.0 Å². The smallest absolute Gasteiger partial charge is 0.323 e. The van der Waals surface area contributed by atoms with E-state index in [1.165, 1.54) is 10.9 Å². The lowest BCUT2D eigenvalue weighted by Crippen LogP contribution is -2.46. The van der Waals surface area contributed by atoms with Gasteiger partial charge in [0.05, 0.1) is 19.0 Å². The van der Waals surface area contributed by atoms with Crippen LogP contribution in [0.2, 0.25) is 0 Å². The van der Waals surface area contributed by atoms with Gasteiger partial charge in [0.15, 0.2) is 23.0 Å². The van der Waals surface area contributed by atoms with Gasteiger partial charge in [-0.3, -0.25) is 19.1 Å². The molecule has 4 unspecified atom stereocenters. The van der Waals surface area contributed by atoms with E-state index in [0.29, 0.717) is 5.75 Å². The first kappa shape index (κ1) is 29.6. The molecule has 4 rings (SSSR count). The van der Waals surface area contributed by atoms with Gasteiger partial charge >= 0.3 is 12.6 Å². The number of aliphatic hydroxyl groups is 2. The number of hydrogen-bond donors (Lipinski definition) is 5. The number of fused-ring (bicyclic) bond motifs is 1. The molecule has 0 saturated carbocycles. The molecule has 0 amide bonds. The Hall–Kier alpha value is -3.35. The summed E-state index contributed by atoms with van der Waals surface area (Å²) >= 11 is 5.68. The largest absolute Gasteiger partial charge is 0.462 e. The van der Waals surface area contributed by atoms with Crippen LogP contribution in [0.15, 0.2) is 41.5 Å². The number of H-pyrrole nitrogens is 1. The second-order valence-corrected chi connectivity index (χ2v) is 12.4. The zero-order valence-electron chi connectivity index (χ0n) is 21.8. The zero-order chi connectivity index (χ0) is 29.2. The molecule has 1 aliphatic heterocycles. The van der Waals surface area contributed by atoms with E-state index in [1.807, 2.05) is 0 Å². The Kier molecular flexibility index (Phi) is 8.62. The van der Waals surface area contributed by atoms with Crippen LogP contribution in [0.1, 0.15) is 27.0 Å². The number of aromatic amines is 1. The molecule has 1 saturated heterocycles. The van der Waals surface area contributed by atoms with Gasteiger partial charge in [-0.25, -0.2) is 10.1 Å². The number of nitrogen functional groups attached to an aromatic ring is 1. The third-order valence-corrected chi connectivity index (χ3v) is 8.35. The van der Waals surface area contributed by atoms with Crippen molar-refractivity contribution in [1.29, 1.82) is 0 Å². The number of ether oxygens (including phenoxy) is 2. The van der Waals surface area contributed by atoms with Crippen LogP contribution >= 0.6 is 6.64 Å². The number of rotatable bonds is 10. The van der Waals surface area contributed by atoms with Crippen molar-refractivity contribution < 1.29 is 33.5 Å². The monoisotopic (exact) mass is 592 g/mol. The van der Waals surface area contributed by atoms with Gasteiger partial charge in [0.25, 0.3) is 5.56 Å². The number of esters is 1. The number of aliphatic hydroxyl groups excluding tert-OH is 1. The predicted octanol–water partition coefficient (Wildman–Crippen LogP) is 0.574. The van der Waals surface area contributed by atoms with Crippen LogP contribution in [-0.4, -0.2) is 72.3 Å². The Morgan fingerprint density at radius 3 is 2.75 bits per heavy atom. The van der Waals surface area contributed by atoms with Crippen molar-refractivity contribution in [2.24, 2.45) is 0 Å². The first-order valence-electron chi connectivity index (χ1n) is 12.1. The SMILES string of the molecule is C#C[C@]1(O)C(n2cnc3c(=O)[nH]c(N)nc32)OC(COP(=S)(NC(C)C(=O)OC(C)C)Oc2ccccc2)[C@H]1O. The third kappa shape index (κ3) is 6.03. The van der Waals surface area contributed by atoms with Crippen LogP contribution in [0.3, 0.4) is 0 Å². The fourth-order valence-electron chi connectivity index (χ4n) is 3.96. The van der Waals surface area contributed by atoms with E-state index >= 15 is 0 Å². The quantitative estimate of drug-likeness (QED) is 0.125. The first-order valence-corrected chi connectivity index (χ1v) is 14.7. The van der Waals surface area contributed by atoms with Crippen molar-refractivity contribution in [2.75, 3.05) is 12.3 Å². The molecule has 14 nitrogen and oxygen atoms in total. The van der Waals surface area contributed by atoms with Gasteiger partial charge in [-0.2, -0.15) is 4.98 Å². The van der Waals surface area contributed by atoms with E-state index in [0.717, 1.165) is 0 Å². The van der Waals surface area contributed by atoms with E-state index in [-0.39, 0.29) is 23.2 Å². The molecule has 0 radical (unpaired) electrons. The lowest BCUT2D eigenvalue weighted by atomic mass is 9.95. The van der Waals surface area contributed by atoms with Crippen molar-refractivity contribution in [3.05, 3.63) is 47.0 Å². The number of imidazole rings is 1. The Labute approximate surface area is 234 Å². The van der Waals surface area contributed by atoms with Gasteiger partial charge in [0.1, 0.15) is 24.0 Å². The molecule has 2 aromatic heterocycles. The number of carbonyl (C=O) groups excluding carboxylic acids is 1. The highest BCUT2D eigenvalue weighted by Crippen LogP contribution is 2.47. The molecule has 1 fully saturated rings. The molecule has 3 heterocycles. The summed E-state index contributed by atoms with van der Waals surface area (Å²) in [7, 11) is 0. The van der Waals surface area contributed by atoms with Crippen LogP contribution < -0.4 is 20.9 Å². The molecule has 6 atom stereocenters. The standard InChI is InChI=1S/C24H29N6O8PS/c1-5-24(34)18(31)16(37-22(24)30-12-26-17-19(30)27-23(25)28-20(17)32)11-35-39(40,38-15-9-7-6-8-10-15)29-14(4)21(33)36-13(2)3/h1,6-10,12-14,16,18,22,31,34H,11H2,2-4H3,(H,29,40)(H3,25,27,28,32)/t14?,16?,18-,22?,24-,39?/m1/s1. The molecule has 16 heteroatoms. The van der Waals surface area contributed by atoms with Crippen LogP contribution in [-0.2, 0) is 30.6 Å². The summed E-state index contributed by atoms with van der Waals surface area (Å²) < 4.78 is 24.3. The maximum atomic E-state index is 12.5. The molecule has 1 aromatic carbocycles. The van der Waals surface area contributed by atoms with E-state index < -0.39 is 54.9 Å². The molecule has 1 aliphatic rings. The number of para-hydroxylation sites is 1. The Morgan fingerprint density at radius 2 is 2.10 bits per heavy atom. The lowest BCUT2D eigenvalue weighted by molar-refractivity contribution is -0.149. The number of anilines is 1. The Bertz CT molecular complexity index is 1530. The number of hydrogen-bond acceptors (Lipinski definition) is 12. The number of nitrogens with two attached hydrogens (primary N) is 1. The molecule has 40 heavy (non-hydrogen) atoms. The van der Waals surface area contributed by atoms with Gasteiger partial charge in [0, 0.05) is 0 Å². The van der Waals surface area contributed by atoms with E-state index in [1.54, 1.807) is 51.1 Å². The third-order valence-electron chi connectivity index (χ3n) is 5.85. The molecule has 3 aromatic rings. The van der Waals surface area contributed by atoms with Crippen molar-refractivity contribution in [1.82, 2.24) is 24.6 Å². The van der Waals surface area contributed by atoms with Crippen molar-refractivity contribution in [3.8, 4) is 18.1 Å². The molecular weight excluding hydrogens is 563 g/mol. The molecule has 0 aliphatic carbocycles. The minimum Gasteiger partial charge on any atom is -0.462 e. The Balaban J connectivity index is 1.59. The zero-order valence-corrected chi connectivity index (χ0v) is 23.5. The van der Waals surface area contributed by atoms with Crippen molar-refractivity contribution in [3.63, 3.8) is 0 Å². The minimum atomic E-state index is -3.49. The molecule has 0 spiro atoms. The second-order valence-electron chi connectivity index (χ2n) is 9.25. The number of carbonyl (C=O) groups is 1. The minimum absolute atomic E-state index is 0.0228. The summed E-state index contributed by atoms with van der Waals surface area (Å²) in [5, 5.41) is 25.1. The summed E-state index contributed by atoms with van der Waals surface area (Å²) in [6.45, 7) is 1.07. The number of nitrogens with one attached hydrogen (secondary N) is 2. The second kappa shape index (κ2) is 11.6. The summed E-state index contributed by atoms with van der Waals surface area (Å²) in [5.41, 5.74) is 2.67. The topological polar surface area (TPSA) is 196 Å². The van der Waals surface area contributed by atoms with Gasteiger partial charge < -0.3 is 34.5 Å². The average molecular weight is 593 g/mol. The van der Waals surface area contributed by atoms with E-state index in [9.17, 15) is 19.8 Å². The fraction of sp³-hybridized carbons (Fsp3) is 0.417. The highest BCUT2D eigenvalue weighted by atomic mass is 32.5. The maximum Gasteiger partial charge on any atom is 0.323 e. The van der Waals surface area contributed by atoms with E-state index in [2.05, 4.69) is 26.0 Å². The maximum absolute atomic E-state index is 12.5. The summed E-state index contributed by atoms with van der Waals surface area (Å²) in [6.07, 6.45) is 2.10. The predicted molar refractivity (Wildman–Crippen MR) is 147 cm³/mol. The highest BCUT2D eigenvalue weighted by molar-refractivity contribution is 8.09. The van der Waals surface area contributed by atoms with Crippen LogP contribution in [0.4, 0.5) is 5.95 Å². The van der Waals surface area contributed by atoms with Crippen LogP contribution in [0.25, 0.3) is 11.2 Å². The highest BCUT2D eigenvalue weighted by Gasteiger charge is 2.56. The number of terminal acetylenes is 1. The van der Waals surface area contributed by atoms with Crippen LogP contribution in [0, 0.1) is 12.3 Å². The van der Waals surface area contributed by atoms with E-state index in [4.69, 9.17) is 42.5 Å². The normalized spacial score (nSPS) is 24.9. The lowest BCUT2D eigenvalue weighted by Gasteiger charge is -2.28. The number of aromatic nitrogens is 4. The van der Waals surface area contributed by atoms with Gasteiger partial charge in [0.2, 0.25) is 5.95 Å². The molecule has 214 valence electrons. The summed E-state index contributed by atoms with van der Waals surface area (Å²) in [5.74, 6) is 1.76. The van der Waals surface area contributed by atoms with Gasteiger partial charge in [-0.1, -0.05) is 24.1 Å². The van der Waals surface area contributed by atoms with Crippen molar-refractivity contribution >= 4 is 41.5 Å². The van der Waals surface area contributed by atoms with Gasteiger partial charge in [-0.15, -0.1) is 6.42 Å². The van der Waals surface area contributed by atoms with Gasteiger partial charge in [-0.05, 0) is 44.7 Å². The number of benzene rings is 1. The van der Waals surface area contributed by atoms with Crippen LogP contribution in [0.5, 0.6) is 5.75 Å². The summed E-state index contributed by atoms with van der Waals surface area (Å²) in [6, 6.07) is 7.65.